The molecule has 1 amide bonds. The first-order valence-corrected chi connectivity index (χ1v) is 14.1. The number of nitrogens with zero attached hydrogens (tertiary/aromatic N) is 3. The number of carbonyl (C=O) groups is 1. The maximum absolute atomic E-state index is 13.5. The molecule has 1 N–H and O–H groups in total. The summed E-state index contributed by atoms with van der Waals surface area (Å²) in [6.07, 6.45) is 2.34. The fourth-order valence-electron chi connectivity index (χ4n) is 4.54. The third-order valence-corrected chi connectivity index (χ3v) is 8.65. The van der Waals surface area contributed by atoms with Gasteiger partial charge in [-0.2, -0.15) is 0 Å². The Hall–Kier alpha value is -3.92. The zero-order valence-corrected chi connectivity index (χ0v) is 22.3. The Kier molecular flexibility index (Phi) is 8.31. The summed E-state index contributed by atoms with van der Waals surface area (Å²) in [5.74, 6) is 0.214. The van der Waals surface area contributed by atoms with Crippen molar-refractivity contribution in [2.24, 2.45) is 5.92 Å². The number of nitro benzene ring substituents is 1. The van der Waals surface area contributed by atoms with Crippen LogP contribution in [0.25, 0.3) is 0 Å². The van der Waals surface area contributed by atoms with Gasteiger partial charge in [0.2, 0.25) is 5.91 Å². The van der Waals surface area contributed by atoms with Crippen LogP contribution in [0.5, 0.6) is 0 Å². The highest BCUT2D eigenvalue weighted by molar-refractivity contribution is 7.92. The predicted octanol–water partition coefficient (Wildman–Crippen LogP) is 4.90. The van der Waals surface area contributed by atoms with E-state index in [0.29, 0.717) is 0 Å². The van der Waals surface area contributed by atoms with Crippen LogP contribution >= 0.6 is 0 Å². The molecule has 0 saturated carbocycles. The molecule has 10 heteroatoms. The van der Waals surface area contributed by atoms with Crippen molar-refractivity contribution < 1.29 is 18.1 Å². The summed E-state index contributed by atoms with van der Waals surface area (Å²) in [7, 11) is -4.17. The van der Waals surface area contributed by atoms with Gasteiger partial charge in [0.15, 0.2) is 0 Å². The topological polar surface area (TPSA) is 113 Å². The van der Waals surface area contributed by atoms with Crippen LogP contribution in [0.15, 0.2) is 83.8 Å². The minimum absolute atomic E-state index is 0.0185. The van der Waals surface area contributed by atoms with Crippen LogP contribution in [0.3, 0.4) is 0 Å². The van der Waals surface area contributed by atoms with Gasteiger partial charge < -0.3 is 10.2 Å². The van der Waals surface area contributed by atoms with Crippen molar-refractivity contribution in [2.75, 3.05) is 28.8 Å². The molecule has 1 fully saturated rings. The van der Waals surface area contributed by atoms with E-state index >= 15 is 0 Å². The molecule has 0 aliphatic carbocycles. The lowest BCUT2D eigenvalue weighted by atomic mass is 9.98. The number of sulfonamides is 1. The fourth-order valence-corrected chi connectivity index (χ4v) is 5.97. The Labute approximate surface area is 223 Å². The summed E-state index contributed by atoms with van der Waals surface area (Å²) in [5, 5.41) is 14.2. The molecule has 1 aliphatic heterocycles. The van der Waals surface area contributed by atoms with E-state index in [1.165, 1.54) is 43.2 Å². The van der Waals surface area contributed by atoms with Crippen molar-refractivity contribution in [1.29, 1.82) is 0 Å². The molecule has 4 rings (SSSR count). The lowest BCUT2D eigenvalue weighted by Crippen LogP contribution is -2.41. The van der Waals surface area contributed by atoms with Crippen molar-refractivity contribution in [3.63, 3.8) is 0 Å². The third kappa shape index (κ3) is 6.31. The van der Waals surface area contributed by atoms with E-state index in [2.05, 4.69) is 17.1 Å². The molecular weight excluding hydrogens is 504 g/mol. The largest absolute Gasteiger partial charge is 0.372 e. The number of anilines is 2. The third-order valence-electron chi connectivity index (χ3n) is 6.87. The van der Waals surface area contributed by atoms with Gasteiger partial charge in [-0.3, -0.25) is 19.2 Å². The van der Waals surface area contributed by atoms with Crippen LogP contribution in [0.2, 0.25) is 0 Å². The molecule has 0 aromatic heterocycles. The minimum Gasteiger partial charge on any atom is -0.372 e. The highest BCUT2D eigenvalue weighted by Crippen LogP contribution is 2.28. The summed E-state index contributed by atoms with van der Waals surface area (Å²) in [6, 6.07) is 20.6. The highest BCUT2D eigenvalue weighted by Gasteiger charge is 2.28. The lowest BCUT2D eigenvalue weighted by Gasteiger charge is -2.32. The standard InChI is InChI=1S/C28H32N4O5S/c1-21-15-17-30(18-16-21)24-13-11-23(12-14-24)22(2)29-28(33)20-31(25-7-6-8-26(19-25)32(34)35)38(36,37)27-9-4-3-5-10-27/h3-14,19,21-22H,15-18,20H2,1-2H3,(H,29,33). The summed E-state index contributed by atoms with van der Waals surface area (Å²) in [5.41, 5.74) is 1.80. The molecule has 1 atom stereocenters. The van der Waals surface area contributed by atoms with Gasteiger partial charge in [-0.1, -0.05) is 43.3 Å². The minimum atomic E-state index is -4.17. The van der Waals surface area contributed by atoms with Crippen molar-refractivity contribution in [3.05, 3.63) is 94.5 Å². The molecule has 0 spiro atoms. The summed E-state index contributed by atoms with van der Waals surface area (Å²) >= 11 is 0. The molecule has 0 radical (unpaired) electrons. The van der Waals surface area contributed by atoms with Crippen LogP contribution in [-0.2, 0) is 14.8 Å². The first kappa shape index (κ1) is 27.1. The molecule has 3 aromatic rings. The Morgan fingerprint density at radius 2 is 1.71 bits per heavy atom. The maximum atomic E-state index is 13.5. The monoisotopic (exact) mass is 536 g/mol. The molecule has 3 aromatic carbocycles. The van der Waals surface area contributed by atoms with E-state index < -0.39 is 27.4 Å². The van der Waals surface area contributed by atoms with Crippen LogP contribution in [0.1, 0.15) is 38.3 Å². The number of non-ortho nitro benzene ring substituents is 1. The summed E-state index contributed by atoms with van der Waals surface area (Å²) in [4.78, 5) is 26.1. The van der Waals surface area contributed by atoms with E-state index in [-0.39, 0.29) is 22.3 Å². The Balaban J connectivity index is 1.51. The molecule has 0 bridgehead atoms. The number of nitro groups is 1. The average Bonchev–Trinajstić information content (AvgIpc) is 2.92. The van der Waals surface area contributed by atoms with Crippen LogP contribution < -0.4 is 14.5 Å². The Morgan fingerprint density at radius 3 is 2.34 bits per heavy atom. The second kappa shape index (κ2) is 11.6. The van der Waals surface area contributed by atoms with Gasteiger partial charge in [-0.15, -0.1) is 0 Å². The summed E-state index contributed by atoms with van der Waals surface area (Å²) in [6.45, 7) is 5.62. The molecule has 1 saturated heterocycles. The zero-order chi connectivity index (χ0) is 27.3. The number of piperidine rings is 1. The van der Waals surface area contributed by atoms with Crippen LogP contribution in [-0.4, -0.2) is 38.9 Å². The average molecular weight is 537 g/mol. The lowest BCUT2D eigenvalue weighted by molar-refractivity contribution is -0.384. The van der Waals surface area contributed by atoms with Crippen molar-refractivity contribution in [3.8, 4) is 0 Å². The zero-order valence-electron chi connectivity index (χ0n) is 21.5. The van der Waals surface area contributed by atoms with Gasteiger partial charge in [0.1, 0.15) is 6.54 Å². The van der Waals surface area contributed by atoms with E-state index in [9.17, 15) is 23.3 Å². The number of benzene rings is 3. The maximum Gasteiger partial charge on any atom is 0.271 e. The van der Waals surface area contributed by atoms with Crippen LogP contribution in [0, 0.1) is 16.0 Å². The SMILES string of the molecule is CC1CCN(c2ccc(C(C)NC(=O)CN(c3cccc([N+](=O)[O-])c3)S(=O)(=O)c3ccccc3)cc2)CC1. The predicted molar refractivity (Wildman–Crippen MR) is 148 cm³/mol. The fraction of sp³-hybridized carbons (Fsp3) is 0.321. The first-order valence-electron chi connectivity index (χ1n) is 12.6. The number of carbonyl (C=O) groups excluding carboxylic acids is 1. The van der Waals surface area contributed by atoms with Gasteiger partial charge in [0.25, 0.3) is 15.7 Å². The van der Waals surface area contributed by atoms with E-state index in [4.69, 9.17) is 0 Å². The molecule has 1 unspecified atom stereocenters. The molecule has 9 nitrogen and oxygen atoms in total. The van der Waals surface area contributed by atoms with E-state index in [1.54, 1.807) is 18.2 Å². The molecule has 38 heavy (non-hydrogen) atoms. The van der Waals surface area contributed by atoms with Crippen molar-refractivity contribution in [1.82, 2.24) is 5.32 Å². The van der Waals surface area contributed by atoms with Gasteiger partial charge in [-0.25, -0.2) is 8.42 Å². The number of hydrogen-bond donors (Lipinski definition) is 1. The highest BCUT2D eigenvalue weighted by atomic mass is 32.2. The van der Waals surface area contributed by atoms with Gasteiger partial charge >= 0.3 is 0 Å². The molecule has 1 heterocycles. The van der Waals surface area contributed by atoms with E-state index in [0.717, 1.165) is 40.6 Å². The first-order chi connectivity index (χ1) is 18.1. The van der Waals surface area contributed by atoms with Gasteiger partial charge in [-0.05, 0) is 61.6 Å². The quantitative estimate of drug-likeness (QED) is 0.307. The second-order valence-electron chi connectivity index (χ2n) is 9.65. The number of nitrogens with one attached hydrogen (secondary N) is 1. The number of amides is 1. The molecular formula is C28H32N4O5S. The normalized spacial score (nSPS) is 15.1. The molecule has 1 aliphatic rings. The Morgan fingerprint density at radius 1 is 1.05 bits per heavy atom. The van der Waals surface area contributed by atoms with Crippen LogP contribution in [0.4, 0.5) is 17.1 Å². The second-order valence-corrected chi connectivity index (χ2v) is 11.5. The van der Waals surface area contributed by atoms with E-state index in [1.807, 2.05) is 31.2 Å². The Bertz CT molecular complexity index is 1370. The molecule has 200 valence electrons. The van der Waals surface area contributed by atoms with Gasteiger partial charge in [0.05, 0.1) is 21.5 Å². The smallest absolute Gasteiger partial charge is 0.271 e. The van der Waals surface area contributed by atoms with Crippen molar-refractivity contribution in [2.45, 2.75) is 37.6 Å². The number of hydrogen-bond acceptors (Lipinski definition) is 6. The van der Waals surface area contributed by atoms with Gasteiger partial charge in [0, 0.05) is 30.9 Å². The van der Waals surface area contributed by atoms with Crippen molar-refractivity contribution >= 4 is 33.0 Å². The number of rotatable bonds is 9. The summed E-state index contributed by atoms with van der Waals surface area (Å²) < 4.78 is 27.9.